The molecule has 0 heterocycles. The average molecular weight is 361 g/mol. The molecule has 5 nitrogen and oxygen atoms in total. The molecule has 132 valence electrons. The molecule has 0 aliphatic rings. The SMILES string of the molecule is CC(C)C(NC(=O)c1ccc(Cl)cc1)C(=O)NOCc1ccccc1. The van der Waals surface area contributed by atoms with Gasteiger partial charge in [-0.3, -0.25) is 14.4 Å². The summed E-state index contributed by atoms with van der Waals surface area (Å²) in [4.78, 5) is 29.9. The van der Waals surface area contributed by atoms with Crippen LogP contribution in [0.25, 0.3) is 0 Å². The minimum absolute atomic E-state index is 0.100. The zero-order chi connectivity index (χ0) is 18.2. The van der Waals surface area contributed by atoms with Crippen LogP contribution in [0.1, 0.15) is 29.8 Å². The van der Waals surface area contributed by atoms with Gasteiger partial charge in [0, 0.05) is 10.6 Å². The van der Waals surface area contributed by atoms with Gasteiger partial charge in [-0.15, -0.1) is 0 Å². The predicted octanol–water partition coefficient (Wildman–Crippen LogP) is 3.34. The quantitative estimate of drug-likeness (QED) is 0.744. The third kappa shape index (κ3) is 5.89. The van der Waals surface area contributed by atoms with E-state index in [-0.39, 0.29) is 18.4 Å². The van der Waals surface area contributed by atoms with Gasteiger partial charge >= 0.3 is 0 Å². The van der Waals surface area contributed by atoms with Crippen LogP contribution in [0, 0.1) is 5.92 Å². The zero-order valence-corrected chi connectivity index (χ0v) is 14.9. The summed E-state index contributed by atoms with van der Waals surface area (Å²) in [5.41, 5.74) is 3.78. The van der Waals surface area contributed by atoms with Gasteiger partial charge in [0.25, 0.3) is 11.8 Å². The van der Waals surface area contributed by atoms with E-state index in [9.17, 15) is 9.59 Å². The highest BCUT2D eigenvalue weighted by atomic mass is 35.5. The first-order valence-corrected chi connectivity index (χ1v) is 8.37. The molecule has 0 aliphatic heterocycles. The van der Waals surface area contributed by atoms with E-state index in [1.165, 1.54) is 0 Å². The molecule has 25 heavy (non-hydrogen) atoms. The van der Waals surface area contributed by atoms with Gasteiger partial charge in [-0.25, -0.2) is 5.48 Å². The van der Waals surface area contributed by atoms with Crippen LogP contribution in [-0.2, 0) is 16.2 Å². The van der Waals surface area contributed by atoms with Crippen molar-refractivity contribution in [1.29, 1.82) is 0 Å². The van der Waals surface area contributed by atoms with E-state index < -0.39 is 11.9 Å². The lowest BCUT2D eigenvalue weighted by atomic mass is 10.0. The lowest BCUT2D eigenvalue weighted by Gasteiger charge is -2.21. The van der Waals surface area contributed by atoms with Crippen LogP contribution in [0.2, 0.25) is 5.02 Å². The summed E-state index contributed by atoms with van der Waals surface area (Å²) >= 11 is 5.82. The van der Waals surface area contributed by atoms with Crippen molar-refractivity contribution < 1.29 is 14.4 Å². The maximum Gasteiger partial charge on any atom is 0.266 e. The van der Waals surface area contributed by atoms with E-state index in [4.69, 9.17) is 16.4 Å². The number of carbonyl (C=O) groups excluding carboxylic acids is 2. The van der Waals surface area contributed by atoms with Gasteiger partial charge in [-0.05, 0) is 35.7 Å². The number of hydroxylamine groups is 1. The molecule has 0 aliphatic carbocycles. The Kier molecular flexibility index (Phi) is 6.98. The Morgan fingerprint density at radius 1 is 1.04 bits per heavy atom. The van der Waals surface area contributed by atoms with Gasteiger partial charge in [-0.2, -0.15) is 0 Å². The first-order valence-electron chi connectivity index (χ1n) is 7.99. The summed E-state index contributed by atoms with van der Waals surface area (Å²) in [6.07, 6.45) is 0. The molecule has 1 atom stereocenters. The van der Waals surface area contributed by atoms with Gasteiger partial charge in [0.15, 0.2) is 0 Å². The van der Waals surface area contributed by atoms with Gasteiger partial charge in [0.05, 0.1) is 6.61 Å². The van der Waals surface area contributed by atoms with E-state index in [0.29, 0.717) is 10.6 Å². The minimum Gasteiger partial charge on any atom is -0.340 e. The Hall–Kier alpha value is -2.37. The molecule has 2 N–H and O–H groups in total. The Morgan fingerprint density at radius 3 is 2.28 bits per heavy atom. The van der Waals surface area contributed by atoms with E-state index in [2.05, 4.69) is 10.8 Å². The lowest BCUT2D eigenvalue weighted by molar-refractivity contribution is -0.137. The molecule has 6 heteroatoms. The molecular weight excluding hydrogens is 340 g/mol. The Balaban J connectivity index is 1.91. The smallest absolute Gasteiger partial charge is 0.266 e. The molecule has 2 rings (SSSR count). The van der Waals surface area contributed by atoms with Crippen molar-refractivity contribution in [2.24, 2.45) is 5.92 Å². The molecule has 2 aromatic carbocycles. The molecule has 2 amide bonds. The summed E-state index contributed by atoms with van der Waals surface area (Å²) in [6, 6.07) is 15.3. The van der Waals surface area contributed by atoms with E-state index in [1.807, 2.05) is 44.2 Å². The summed E-state index contributed by atoms with van der Waals surface area (Å²) in [5, 5.41) is 3.27. The molecule has 1 unspecified atom stereocenters. The highest BCUT2D eigenvalue weighted by Gasteiger charge is 2.24. The number of hydrogen-bond acceptors (Lipinski definition) is 3. The summed E-state index contributed by atoms with van der Waals surface area (Å²) in [6.45, 7) is 3.95. The third-order valence-electron chi connectivity index (χ3n) is 3.60. The molecule has 0 saturated heterocycles. The van der Waals surface area contributed by atoms with Crippen molar-refractivity contribution in [3.05, 3.63) is 70.7 Å². The molecule has 0 bridgehead atoms. The minimum atomic E-state index is -0.709. The van der Waals surface area contributed by atoms with Crippen LogP contribution < -0.4 is 10.8 Å². The van der Waals surface area contributed by atoms with Crippen LogP contribution in [0.15, 0.2) is 54.6 Å². The van der Waals surface area contributed by atoms with Crippen molar-refractivity contribution in [1.82, 2.24) is 10.8 Å². The van der Waals surface area contributed by atoms with Crippen molar-refractivity contribution in [3.8, 4) is 0 Å². The van der Waals surface area contributed by atoms with Gasteiger partial charge in [0.1, 0.15) is 6.04 Å². The normalized spacial score (nSPS) is 11.8. The van der Waals surface area contributed by atoms with Crippen molar-refractivity contribution in [2.75, 3.05) is 0 Å². The van der Waals surface area contributed by atoms with E-state index in [1.54, 1.807) is 24.3 Å². The van der Waals surface area contributed by atoms with Gasteiger partial charge in [-0.1, -0.05) is 55.8 Å². The molecule has 2 aromatic rings. The molecule has 0 saturated carbocycles. The fraction of sp³-hybridized carbons (Fsp3) is 0.263. The predicted molar refractivity (Wildman–Crippen MR) is 96.9 cm³/mol. The molecular formula is C19H21ClN2O3. The number of halogens is 1. The average Bonchev–Trinajstić information content (AvgIpc) is 2.60. The number of benzene rings is 2. The largest absolute Gasteiger partial charge is 0.340 e. The molecule has 0 aromatic heterocycles. The number of amides is 2. The fourth-order valence-electron chi connectivity index (χ4n) is 2.19. The number of carbonyl (C=O) groups is 2. The third-order valence-corrected chi connectivity index (χ3v) is 3.85. The standard InChI is InChI=1S/C19H21ClN2O3/c1-13(2)17(21-18(23)15-8-10-16(20)11-9-15)19(24)22-25-12-14-6-4-3-5-7-14/h3-11,13,17H,12H2,1-2H3,(H,21,23)(H,22,24). The van der Waals surface area contributed by atoms with Crippen LogP contribution >= 0.6 is 11.6 Å². The summed E-state index contributed by atoms with van der Waals surface area (Å²) in [7, 11) is 0. The number of hydrogen-bond donors (Lipinski definition) is 2. The fourth-order valence-corrected chi connectivity index (χ4v) is 2.32. The second kappa shape index (κ2) is 9.20. The van der Waals surface area contributed by atoms with Crippen LogP contribution in [0.5, 0.6) is 0 Å². The monoisotopic (exact) mass is 360 g/mol. The van der Waals surface area contributed by atoms with Crippen molar-refractivity contribution in [2.45, 2.75) is 26.5 Å². The topological polar surface area (TPSA) is 67.4 Å². The second-order valence-corrected chi connectivity index (χ2v) is 6.38. The van der Waals surface area contributed by atoms with Crippen LogP contribution in [0.4, 0.5) is 0 Å². The number of rotatable bonds is 7. The maximum atomic E-state index is 12.3. The summed E-state index contributed by atoms with van der Waals surface area (Å²) < 4.78 is 0. The molecule has 0 radical (unpaired) electrons. The highest BCUT2D eigenvalue weighted by Crippen LogP contribution is 2.11. The molecule has 0 fully saturated rings. The Labute approximate surface area is 152 Å². The highest BCUT2D eigenvalue weighted by molar-refractivity contribution is 6.30. The second-order valence-electron chi connectivity index (χ2n) is 5.94. The Morgan fingerprint density at radius 2 is 1.68 bits per heavy atom. The van der Waals surface area contributed by atoms with Gasteiger partial charge < -0.3 is 5.32 Å². The van der Waals surface area contributed by atoms with Crippen LogP contribution in [0.3, 0.4) is 0 Å². The van der Waals surface area contributed by atoms with Crippen LogP contribution in [-0.4, -0.2) is 17.9 Å². The lowest BCUT2D eigenvalue weighted by Crippen LogP contribution is -2.49. The maximum absolute atomic E-state index is 12.3. The number of nitrogens with one attached hydrogen (secondary N) is 2. The van der Waals surface area contributed by atoms with E-state index >= 15 is 0 Å². The van der Waals surface area contributed by atoms with Gasteiger partial charge in [0.2, 0.25) is 0 Å². The first kappa shape index (κ1) is 19.0. The van der Waals surface area contributed by atoms with Crippen molar-refractivity contribution in [3.63, 3.8) is 0 Å². The molecule has 0 spiro atoms. The Bertz CT molecular complexity index is 702. The van der Waals surface area contributed by atoms with E-state index in [0.717, 1.165) is 5.56 Å². The first-order chi connectivity index (χ1) is 12.0. The zero-order valence-electron chi connectivity index (χ0n) is 14.2. The van der Waals surface area contributed by atoms with Crippen molar-refractivity contribution >= 4 is 23.4 Å². The summed E-state index contributed by atoms with van der Waals surface area (Å²) in [5.74, 6) is -0.835.